The zero-order chi connectivity index (χ0) is 13.7. The lowest BCUT2D eigenvalue weighted by atomic mass is 9.83. The minimum Gasteiger partial charge on any atom is -0.337 e. The molecule has 2 aliphatic rings. The van der Waals surface area contributed by atoms with E-state index < -0.39 is 5.54 Å². The molecular weight excluding hydrogens is 278 g/mol. The van der Waals surface area contributed by atoms with E-state index in [1.165, 1.54) is 11.8 Å². The van der Waals surface area contributed by atoms with Crippen molar-refractivity contribution in [2.45, 2.75) is 49.8 Å². The van der Waals surface area contributed by atoms with Crippen molar-refractivity contribution in [3.8, 4) is 6.07 Å². The standard InChI is InChI=1S/C13H19N3OS2/c1-10(19-12-15-7-8-18-12)11(17)16-13(9-14)5-3-2-4-6-13/h10H,2-8H2,1H3,(H,16,17)/t10-/m1/s1. The highest BCUT2D eigenvalue weighted by Gasteiger charge is 2.35. The Kier molecular flexibility index (Phi) is 5.17. The van der Waals surface area contributed by atoms with Gasteiger partial charge in [0.05, 0.1) is 17.9 Å². The first kappa shape index (κ1) is 14.7. The maximum atomic E-state index is 12.2. The van der Waals surface area contributed by atoms with Crippen LogP contribution in [0.3, 0.4) is 0 Å². The number of carbonyl (C=O) groups is 1. The first-order valence-electron chi connectivity index (χ1n) is 6.72. The maximum Gasteiger partial charge on any atom is 0.234 e. The summed E-state index contributed by atoms with van der Waals surface area (Å²) in [6, 6.07) is 2.32. The Labute approximate surface area is 122 Å². The molecule has 0 aromatic rings. The quantitative estimate of drug-likeness (QED) is 0.869. The summed E-state index contributed by atoms with van der Waals surface area (Å²) in [5, 5.41) is 12.1. The topological polar surface area (TPSA) is 65.2 Å². The van der Waals surface area contributed by atoms with Crippen molar-refractivity contribution in [3.63, 3.8) is 0 Å². The average molecular weight is 297 g/mol. The molecule has 2 rings (SSSR count). The van der Waals surface area contributed by atoms with E-state index in [2.05, 4.69) is 16.4 Å². The fourth-order valence-corrected chi connectivity index (χ4v) is 4.48. The van der Waals surface area contributed by atoms with Gasteiger partial charge in [-0.1, -0.05) is 42.8 Å². The van der Waals surface area contributed by atoms with Crippen LogP contribution in [-0.2, 0) is 4.79 Å². The summed E-state index contributed by atoms with van der Waals surface area (Å²) >= 11 is 3.21. The third-order valence-electron chi connectivity index (χ3n) is 3.49. The SMILES string of the molecule is C[C@@H](SC1=NCCS1)C(=O)NC1(C#N)CCCCC1. The average Bonchev–Trinajstić information content (AvgIpc) is 2.92. The number of hydrogen-bond donors (Lipinski definition) is 1. The smallest absolute Gasteiger partial charge is 0.234 e. The lowest BCUT2D eigenvalue weighted by molar-refractivity contribution is -0.121. The first-order chi connectivity index (χ1) is 9.15. The van der Waals surface area contributed by atoms with Crippen LogP contribution in [0.4, 0.5) is 0 Å². The minimum absolute atomic E-state index is 0.0383. The van der Waals surface area contributed by atoms with E-state index in [4.69, 9.17) is 0 Å². The molecule has 0 radical (unpaired) electrons. The van der Waals surface area contributed by atoms with Crippen LogP contribution in [0.5, 0.6) is 0 Å². The summed E-state index contributed by atoms with van der Waals surface area (Å²) in [4.78, 5) is 16.6. The van der Waals surface area contributed by atoms with Crippen molar-refractivity contribution < 1.29 is 4.79 Å². The Balaban J connectivity index is 1.89. The Morgan fingerprint density at radius 1 is 1.53 bits per heavy atom. The number of hydrogen-bond acceptors (Lipinski definition) is 5. The highest BCUT2D eigenvalue weighted by atomic mass is 32.2. The predicted molar refractivity (Wildman–Crippen MR) is 81.4 cm³/mol. The molecule has 1 N–H and O–H groups in total. The molecule has 4 nitrogen and oxygen atoms in total. The van der Waals surface area contributed by atoms with Crippen molar-refractivity contribution in [3.05, 3.63) is 0 Å². The van der Waals surface area contributed by atoms with Crippen molar-refractivity contribution >= 4 is 33.8 Å². The molecule has 1 aliphatic carbocycles. The molecular formula is C13H19N3OS2. The van der Waals surface area contributed by atoms with E-state index >= 15 is 0 Å². The Hall–Kier alpha value is -0.670. The number of amides is 1. The van der Waals surface area contributed by atoms with Gasteiger partial charge < -0.3 is 5.32 Å². The van der Waals surface area contributed by atoms with Gasteiger partial charge in [0, 0.05) is 5.75 Å². The summed E-state index contributed by atoms with van der Waals surface area (Å²) in [7, 11) is 0. The van der Waals surface area contributed by atoms with Crippen LogP contribution in [0.1, 0.15) is 39.0 Å². The molecule has 0 aromatic heterocycles. The summed E-state index contributed by atoms with van der Waals surface area (Å²) in [6.45, 7) is 2.73. The molecule has 1 saturated carbocycles. The zero-order valence-electron chi connectivity index (χ0n) is 11.1. The van der Waals surface area contributed by atoms with Gasteiger partial charge in [0.25, 0.3) is 0 Å². The molecule has 19 heavy (non-hydrogen) atoms. The molecule has 1 fully saturated rings. The second-order valence-corrected chi connectivity index (χ2v) is 7.67. The molecule has 104 valence electrons. The van der Waals surface area contributed by atoms with Gasteiger partial charge in [-0.05, 0) is 19.8 Å². The molecule has 6 heteroatoms. The van der Waals surface area contributed by atoms with E-state index in [-0.39, 0.29) is 11.2 Å². The summed E-state index contributed by atoms with van der Waals surface area (Å²) in [6.07, 6.45) is 4.78. The van der Waals surface area contributed by atoms with Crippen LogP contribution in [0, 0.1) is 11.3 Å². The lowest BCUT2D eigenvalue weighted by Crippen LogP contribution is -2.51. The van der Waals surface area contributed by atoms with Crippen molar-refractivity contribution in [1.82, 2.24) is 5.32 Å². The van der Waals surface area contributed by atoms with Crippen LogP contribution in [0.2, 0.25) is 0 Å². The van der Waals surface area contributed by atoms with Crippen LogP contribution in [0.15, 0.2) is 4.99 Å². The van der Waals surface area contributed by atoms with Gasteiger partial charge in [-0.3, -0.25) is 9.79 Å². The summed E-state index contributed by atoms with van der Waals surface area (Å²) in [5.74, 6) is 0.974. The molecule has 0 aromatic carbocycles. The molecule has 1 heterocycles. The normalized spacial score (nSPS) is 23.3. The fourth-order valence-electron chi connectivity index (χ4n) is 2.35. The van der Waals surface area contributed by atoms with Crippen molar-refractivity contribution in [2.75, 3.05) is 12.3 Å². The van der Waals surface area contributed by atoms with Crippen molar-refractivity contribution in [1.29, 1.82) is 5.26 Å². The van der Waals surface area contributed by atoms with Gasteiger partial charge in [-0.2, -0.15) is 5.26 Å². The zero-order valence-corrected chi connectivity index (χ0v) is 12.8. The van der Waals surface area contributed by atoms with Crippen LogP contribution in [-0.4, -0.2) is 33.4 Å². The maximum absolute atomic E-state index is 12.2. The third-order valence-corrected chi connectivity index (χ3v) is 5.79. The Morgan fingerprint density at radius 3 is 2.84 bits per heavy atom. The van der Waals surface area contributed by atoms with Crippen molar-refractivity contribution in [2.24, 2.45) is 4.99 Å². The van der Waals surface area contributed by atoms with E-state index in [0.717, 1.165) is 48.8 Å². The number of nitriles is 1. The number of rotatable bonds is 3. The van der Waals surface area contributed by atoms with Gasteiger partial charge in [-0.25, -0.2) is 0 Å². The molecule has 0 saturated heterocycles. The van der Waals surface area contributed by atoms with E-state index in [0.29, 0.717) is 0 Å². The molecule has 1 amide bonds. The van der Waals surface area contributed by atoms with Gasteiger partial charge in [-0.15, -0.1) is 0 Å². The van der Waals surface area contributed by atoms with E-state index in [1.54, 1.807) is 11.8 Å². The number of nitrogens with zero attached hydrogens (tertiary/aromatic N) is 2. The molecule has 0 bridgehead atoms. The number of carbonyl (C=O) groups excluding carboxylic acids is 1. The Morgan fingerprint density at radius 2 is 2.26 bits per heavy atom. The van der Waals surface area contributed by atoms with Gasteiger partial charge >= 0.3 is 0 Å². The number of aliphatic imine (C=N–C) groups is 1. The van der Waals surface area contributed by atoms with Crippen LogP contribution < -0.4 is 5.32 Å². The van der Waals surface area contributed by atoms with Crippen LogP contribution >= 0.6 is 23.5 Å². The predicted octanol–water partition coefficient (Wildman–Crippen LogP) is 2.55. The van der Waals surface area contributed by atoms with Gasteiger partial charge in [0.2, 0.25) is 5.91 Å². The molecule has 0 spiro atoms. The second-order valence-electron chi connectivity index (χ2n) is 5.00. The molecule has 1 atom stereocenters. The number of nitrogens with one attached hydrogen (secondary N) is 1. The van der Waals surface area contributed by atoms with Gasteiger partial charge in [0.15, 0.2) is 0 Å². The first-order valence-corrected chi connectivity index (χ1v) is 8.59. The minimum atomic E-state index is -0.630. The molecule has 1 aliphatic heterocycles. The second kappa shape index (κ2) is 6.67. The van der Waals surface area contributed by atoms with Gasteiger partial charge in [0.1, 0.15) is 9.91 Å². The monoisotopic (exact) mass is 297 g/mol. The number of thioether (sulfide) groups is 2. The van der Waals surface area contributed by atoms with Crippen LogP contribution in [0.25, 0.3) is 0 Å². The summed E-state index contributed by atoms with van der Waals surface area (Å²) < 4.78 is 0.998. The highest BCUT2D eigenvalue weighted by molar-refractivity contribution is 8.39. The Bertz CT molecular complexity index is 411. The largest absolute Gasteiger partial charge is 0.337 e. The van der Waals surface area contributed by atoms with E-state index in [1.807, 2.05) is 6.92 Å². The molecule has 0 unspecified atom stereocenters. The van der Waals surface area contributed by atoms with E-state index in [9.17, 15) is 10.1 Å². The fraction of sp³-hybridized carbons (Fsp3) is 0.769. The summed E-state index contributed by atoms with van der Waals surface area (Å²) in [5.41, 5.74) is -0.630. The highest BCUT2D eigenvalue weighted by Crippen LogP contribution is 2.29. The third kappa shape index (κ3) is 3.90. The lowest BCUT2D eigenvalue weighted by Gasteiger charge is -2.32.